The van der Waals surface area contributed by atoms with E-state index in [1.54, 1.807) is 0 Å². The number of carbonyl (C=O) groups is 1. The van der Waals surface area contributed by atoms with Gasteiger partial charge in [-0.3, -0.25) is 4.79 Å². The van der Waals surface area contributed by atoms with E-state index in [1.807, 2.05) is 61.1 Å². The van der Waals surface area contributed by atoms with E-state index in [1.165, 1.54) is 0 Å². The SMILES string of the molecule is [C-]#[N+]c1cc(C)c(CC(=O)C[n+]2ccccc2)c(C)c1.[Y]. The van der Waals surface area contributed by atoms with Gasteiger partial charge in [-0.15, -0.1) is 0 Å². The van der Waals surface area contributed by atoms with Crippen LogP contribution in [0, 0.1) is 20.4 Å². The molecule has 1 radical (unpaired) electrons. The van der Waals surface area contributed by atoms with E-state index in [-0.39, 0.29) is 38.5 Å². The molecule has 0 aliphatic carbocycles. The smallest absolute Gasteiger partial charge is 0.206 e. The average molecular weight is 354 g/mol. The molecular formula is C17H17N2OY+. The van der Waals surface area contributed by atoms with E-state index < -0.39 is 0 Å². The number of rotatable bonds is 4. The summed E-state index contributed by atoms with van der Waals surface area (Å²) < 4.78 is 1.88. The van der Waals surface area contributed by atoms with Gasteiger partial charge in [0.1, 0.15) is 0 Å². The van der Waals surface area contributed by atoms with Gasteiger partial charge in [0.25, 0.3) is 0 Å². The zero-order valence-electron chi connectivity index (χ0n) is 12.3. The van der Waals surface area contributed by atoms with Gasteiger partial charge in [-0.1, -0.05) is 29.3 Å². The molecule has 0 saturated carbocycles. The number of hydrogen-bond acceptors (Lipinski definition) is 1. The molecule has 1 aromatic carbocycles. The Morgan fingerprint density at radius 1 is 1.14 bits per heavy atom. The van der Waals surface area contributed by atoms with Gasteiger partial charge in [0.2, 0.25) is 12.3 Å². The maximum Gasteiger partial charge on any atom is 0.206 e. The molecule has 0 aliphatic rings. The van der Waals surface area contributed by atoms with E-state index in [0.717, 1.165) is 16.7 Å². The van der Waals surface area contributed by atoms with Gasteiger partial charge in [0.15, 0.2) is 18.1 Å². The van der Waals surface area contributed by atoms with Crippen molar-refractivity contribution >= 4 is 11.5 Å². The van der Waals surface area contributed by atoms with Crippen LogP contribution in [0.2, 0.25) is 0 Å². The number of benzene rings is 1. The molecule has 0 N–H and O–H groups in total. The van der Waals surface area contributed by atoms with Crippen LogP contribution >= 0.6 is 0 Å². The van der Waals surface area contributed by atoms with Crippen molar-refractivity contribution in [3.63, 3.8) is 0 Å². The minimum Gasteiger partial charge on any atom is -0.292 e. The molecule has 0 aliphatic heterocycles. The molecule has 3 nitrogen and oxygen atoms in total. The molecular weight excluding hydrogens is 337 g/mol. The maximum absolute atomic E-state index is 12.2. The van der Waals surface area contributed by atoms with Crippen LogP contribution in [0.1, 0.15) is 16.7 Å². The topological polar surface area (TPSA) is 25.3 Å². The Balaban J connectivity index is 0.00000220. The first-order valence-electron chi connectivity index (χ1n) is 6.53. The van der Waals surface area contributed by atoms with Crippen molar-refractivity contribution in [1.82, 2.24) is 0 Å². The van der Waals surface area contributed by atoms with E-state index in [2.05, 4.69) is 4.85 Å². The third kappa shape index (κ3) is 4.84. The average Bonchev–Trinajstić information content (AvgIpc) is 2.43. The van der Waals surface area contributed by atoms with Crippen LogP contribution in [0.4, 0.5) is 5.69 Å². The summed E-state index contributed by atoms with van der Waals surface area (Å²) in [5.74, 6) is 0.169. The predicted octanol–water partition coefficient (Wildman–Crippen LogP) is 2.95. The third-order valence-electron chi connectivity index (χ3n) is 3.32. The van der Waals surface area contributed by atoms with Crippen molar-refractivity contribution in [3.05, 3.63) is 70.8 Å². The minimum absolute atomic E-state index is 0. The van der Waals surface area contributed by atoms with Gasteiger partial charge >= 0.3 is 0 Å². The Morgan fingerprint density at radius 2 is 1.71 bits per heavy atom. The quantitative estimate of drug-likeness (QED) is 0.612. The van der Waals surface area contributed by atoms with Gasteiger partial charge in [-0.25, -0.2) is 4.85 Å². The molecule has 0 saturated heterocycles. The summed E-state index contributed by atoms with van der Waals surface area (Å²) >= 11 is 0. The number of aryl methyl sites for hydroxylation is 2. The summed E-state index contributed by atoms with van der Waals surface area (Å²) in [4.78, 5) is 15.6. The number of ketones is 1. The second-order valence-corrected chi connectivity index (χ2v) is 4.93. The largest absolute Gasteiger partial charge is 0.292 e. The predicted molar refractivity (Wildman–Crippen MR) is 77.5 cm³/mol. The fourth-order valence-electron chi connectivity index (χ4n) is 2.31. The summed E-state index contributed by atoms with van der Waals surface area (Å²) in [7, 11) is 0. The van der Waals surface area contributed by atoms with Gasteiger partial charge < -0.3 is 0 Å². The Kier molecular flexibility index (Phi) is 6.88. The summed E-state index contributed by atoms with van der Waals surface area (Å²) in [5, 5.41) is 0. The zero-order valence-corrected chi connectivity index (χ0v) is 15.2. The molecule has 1 aromatic heterocycles. The Morgan fingerprint density at radius 3 is 2.24 bits per heavy atom. The fraction of sp³-hybridized carbons (Fsp3) is 0.235. The van der Waals surface area contributed by atoms with Crippen LogP contribution in [0.15, 0.2) is 42.7 Å². The molecule has 0 bridgehead atoms. The number of carbonyl (C=O) groups excluding carboxylic acids is 1. The maximum atomic E-state index is 12.2. The van der Waals surface area contributed by atoms with Crippen LogP contribution in [-0.2, 0) is 50.5 Å². The molecule has 0 atom stereocenters. The first-order chi connectivity index (χ1) is 9.60. The second kappa shape index (κ2) is 8.17. The summed E-state index contributed by atoms with van der Waals surface area (Å²) in [5.41, 5.74) is 3.71. The van der Waals surface area contributed by atoms with Crippen LogP contribution < -0.4 is 4.57 Å². The molecule has 0 amide bonds. The van der Waals surface area contributed by atoms with E-state index in [0.29, 0.717) is 18.7 Å². The number of nitrogens with zero attached hydrogens (tertiary/aromatic N) is 2. The Bertz CT molecular complexity index is 652. The van der Waals surface area contributed by atoms with Crippen molar-refractivity contribution in [2.75, 3.05) is 0 Å². The molecule has 103 valence electrons. The van der Waals surface area contributed by atoms with Crippen molar-refractivity contribution in [1.29, 1.82) is 0 Å². The molecule has 0 spiro atoms. The number of hydrogen-bond donors (Lipinski definition) is 0. The first kappa shape index (κ1) is 17.7. The van der Waals surface area contributed by atoms with Crippen molar-refractivity contribution in [3.8, 4) is 0 Å². The van der Waals surface area contributed by atoms with Crippen molar-refractivity contribution < 1.29 is 42.1 Å². The monoisotopic (exact) mass is 354 g/mol. The molecule has 4 heteroatoms. The van der Waals surface area contributed by atoms with Crippen molar-refractivity contribution in [2.45, 2.75) is 26.8 Å². The molecule has 1 heterocycles. The van der Waals surface area contributed by atoms with Crippen molar-refractivity contribution in [2.24, 2.45) is 0 Å². The van der Waals surface area contributed by atoms with Crippen LogP contribution in [0.3, 0.4) is 0 Å². The standard InChI is InChI=1S/C17H17N2O.Y/c1-13-9-15(18-3)10-14(2)17(13)11-16(20)12-19-7-5-4-6-8-19;/h4-10H,11-12H2,1-2H3;/q+1;. The second-order valence-electron chi connectivity index (χ2n) is 4.93. The Labute approximate surface area is 150 Å². The van der Waals surface area contributed by atoms with Gasteiger partial charge in [-0.2, -0.15) is 4.57 Å². The number of pyridine rings is 1. The van der Waals surface area contributed by atoms with Crippen LogP contribution in [0.25, 0.3) is 4.85 Å². The Hall–Kier alpha value is -1.37. The third-order valence-corrected chi connectivity index (χ3v) is 3.32. The van der Waals surface area contributed by atoms with Crippen LogP contribution in [-0.4, -0.2) is 5.78 Å². The molecule has 0 fully saturated rings. The normalized spacial score (nSPS) is 9.57. The molecule has 2 aromatic rings. The van der Waals surface area contributed by atoms with E-state index in [4.69, 9.17) is 6.57 Å². The van der Waals surface area contributed by atoms with Crippen LogP contribution in [0.5, 0.6) is 0 Å². The number of aromatic nitrogens is 1. The zero-order chi connectivity index (χ0) is 14.5. The summed E-state index contributed by atoms with van der Waals surface area (Å²) in [6, 6.07) is 9.44. The summed E-state index contributed by atoms with van der Waals surface area (Å²) in [6.45, 7) is 11.3. The summed E-state index contributed by atoms with van der Waals surface area (Å²) in [6.07, 6.45) is 4.19. The van der Waals surface area contributed by atoms with Gasteiger partial charge in [-0.05, 0) is 19.4 Å². The van der Waals surface area contributed by atoms with E-state index in [9.17, 15) is 4.79 Å². The van der Waals surface area contributed by atoms with E-state index >= 15 is 0 Å². The van der Waals surface area contributed by atoms with Gasteiger partial charge in [0, 0.05) is 51.3 Å². The molecule has 0 unspecified atom stereocenters. The van der Waals surface area contributed by atoms with Gasteiger partial charge in [0.05, 0.1) is 6.57 Å². The first-order valence-corrected chi connectivity index (χ1v) is 6.53. The molecule has 21 heavy (non-hydrogen) atoms. The minimum atomic E-state index is 0. The molecule has 2 rings (SSSR count). The number of Topliss-reactive ketones (excluding diaryl/α,β-unsaturated/α-hetero) is 1. The fourth-order valence-corrected chi connectivity index (χ4v) is 2.31.